The minimum absolute atomic E-state index is 0.119. The van der Waals surface area contributed by atoms with E-state index in [4.69, 9.17) is 26.8 Å². The van der Waals surface area contributed by atoms with Gasteiger partial charge >= 0.3 is 12.1 Å². The number of rotatable bonds is 6. The molecule has 1 aliphatic heterocycles. The van der Waals surface area contributed by atoms with Crippen molar-refractivity contribution in [3.63, 3.8) is 0 Å². The van der Waals surface area contributed by atoms with Gasteiger partial charge in [0.2, 0.25) is 0 Å². The summed E-state index contributed by atoms with van der Waals surface area (Å²) in [5.74, 6) is 0.732. The first-order valence-electron chi connectivity index (χ1n) is 11.7. The second kappa shape index (κ2) is 10.5. The van der Waals surface area contributed by atoms with Gasteiger partial charge in [0.05, 0.1) is 13.1 Å². The Hall–Kier alpha value is -3.71. The average molecular weight is 508 g/mol. The predicted molar refractivity (Wildman–Crippen MR) is 142 cm³/mol. The number of likely N-dealkylation sites (tertiary alicyclic amines) is 1. The summed E-state index contributed by atoms with van der Waals surface area (Å²) >= 11 is 6.28. The highest BCUT2D eigenvalue weighted by atomic mass is 35.5. The molecule has 8 heteroatoms. The number of nitrogens with two attached hydrogens (primary N) is 1. The van der Waals surface area contributed by atoms with Crippen molar-refractivity contribution in [3.8, 4) is 16.9 Å². The maximum Gasteiger partial charge on any atom is 0.410 e. The smallest absolute Gasteiger partial charge is 0.410 e. The fraction of sp³-hybridized carbons (Fsp3) is 0.286. The number of nitrogens with zero attached hydrogens (tertiary/aromatic N) is 1. The second-order valence-corrected chi connectivity index (χ2v) is 10.3. The van der Waals surface area contributed by atoms with E-state index in [1.807, 2.05) is 81.4 Å². The molecule has 36 heavy (non-hydrogen) atoms. The van der Waals surface area contributed by atoms with Crippen LogP contribution < -0.4 is 15.8 Å². The molecule has 0 radical (unpaired) electrons. The number of benzene rings is 3. The molecule has 3 N–H and O–H groups in total. The minimum Gasteiger partial charge on any atom is -0.486 e. The van der Waals surface area contributed by atoms with Gasteiger partial charge in [-0.25, -0.2) is 9.59 Å². The third kappa shape index (κ3) is 6.70. The Bertz CT molecular complexity index is 1250. The van der Waals surface area contributed by atoms with E-state index in [0.717, 1.165) is 28.0 Å². The zero-order chi connectivity index (χ0) is 25.9. The van der Waals surface area contributed by atoms with Crippen LogP contribution in [0.3, 0.4) is 0 Å². The molecule has 0 atom stereocenters. The number of nitrogens with one attached hydrogen (secondary N) is 1. The molecule has 3 amide bonds. The Morgan fingerprint density at radius 1 is 1.03 bits per heavy atom. The van der Waals surface area contributed by atoms with E-state index >= 15 is 0 Å². The number of primary amides is 1. The minimum atomic E-state index is -0.592. The number of anilines is 1. The average Bonchev–Trinajstić information content (AvgIpc) is 2.76. The molecule has 0 bridgehead atoms. The third-order valence-corrected chi connectivity index (χ3v) is 5.84. The van der Waals surface area contributed by atoms with Gasteiger partial charge in [-0.2, -0.15) is 0 Å². The van der Waals surface area contributed by atoms with E-state index < -0.39 is 11.6 Å². The van der Waals surface area contributed by atoms with Gasteiger partial charge in [0.25, 0.3) is 0 Å². The molecule has 1 fully saturated rings. The lowest BCUT2D eigenvalue weighted by Crippen LogP contribution is -2.57. The molecule has 1 saturated heterocycles. The first-order chi connectivity index (χ1) is 17.1. The number of carbonyl (C=O) groups is 2. The Kier molecular flexibility index (Phi) is 7.40. The van der Waals surface area contributed by atoms with Gasteiger partial charge in [0.15, 0.2) is 0 Å². The molecule has 0 spiro atoms. The monoisotopic (exact) mass is 507 g/mol. The zero-order valence-electron chi connectivity index (χ0n) is 20.6. The fourth-order valence-electron chi connectivity index (χ4n) is 3.92. The summed E-state index contributed by atoms with van der Waals surface area (Å²) in [4.78, 5) is 24.9. The SMILES string of the molecule is CC(C)(C)OC(=O)N1CC(Oc2ccc(Cc3ccc(NC(N)=O)cc3)cc2-c2cccc(Cl)c2)C1. The Morgan fingerprint density at radius 3 is 2.36 bits per heavy atom. The van der Waals surface area contributed by atoms with Crippen molar-refractivity contribution in [2.24, 2.45) is 5.73 Å². The zero-order valence-corrected chi connectivity index (χ0v) is 21.3. The molecule has 0 unspecified atom stereocenters. The summed E-state index contributed by atoms with van der Waals surface area (Å²) in [5, 5.41) is 3.21. The van der Waals surface area contributed by atoms with Crippen LogP contribution in [-0.4, -0.2) is 41.8 Å². The van der Waals surface area contributed by atoms with Crippen molar-refractivity contribution in [1.82, 2.24) is 4.90 Å². The molecule has 0 aromatic heterocycles. The van der Waals surface area contributed by atoms with Crippen LogP contribution in [0.5, 0.6) is 5.75 Å². The van der Waals surface area contributed by atoms with Gasteiger partial charge in [-0.3, -0.25) is 0 Å². The number of amides is 3. The molecule has 0 aliphatic carbocycles. The Balaban J connectivity index is 1.51. The Labute approximate surface area is 216 Å². The summed E-state index contributed by atoms with van der Waals surface area (Å²) in [5.41, 5.74) is 9.36. The van der Waals surface area contributed by atoms with Crippen LogP contribution in [0.15, 0.2) is 66.7 Å². The summed E-state index contributed by atoms with van der Waals surface area (Å²) in [6.45, 7) is 6.49. The molecule has 7 nitrogen and oxygen atoms in total. The van der Waals surface area contributed by atoms with Gasteiger partial charge < -0.3 is 25.4 Å². The van der Waals surface area contributed by atoms with Crippen LogP contribution in [0.2, 0.25) is 5.02 Å². The standard InChI is InChI=1S/C28H30ClN3O4/c1-28(2,3)36-27(34)32-16-23(17-32)35-25-12-9-19(14-24(25)20-5-4-6-21(29)15-20)13-18-7-10-22(11-8-18)31-26(30)33/h4-12,14-15,23H,13,16-17H2,1-3H3,(H3,30,31,33). The van der Waals surface area contributed by atoms with Crippen molar-refractivity contribution < 1.29 is 19.1 Å². The highest BCUT2D eigenvalue weighted by Gasteiger charge is 2.35. The first kappa shape index (κ1) is 25.4. The molecule has 0 saturated carbocycles. The number of halogens is 1. The molecule has 188 valence electrons. The van der Waals surface area contributed by atoms with Gasteiger partial charge in [0.1, 0.15) is 17.5 Å². The predicted octanol–water partition coefficient (Wildman–Crippen LogP) is 6.09. The number of carbonyl (C=O) groups excluding carboxylic acids is 2. The quantitative estimate of drug-likeness (QED) is 0.422. The van der Waals surface area contributed by atoms with E-state index in [0.29, 0.717) is 30.2 Å². The highest BCUT2D eigenvalue weighted by molar-refractivity contribution is 6.30. The Morgan fingerprint density at radius 2 is 1.72 bits per heavy atom. The number of ether oxygens (including phenoxy) is 2. The lowest BCUT2D eigenvalue weighted by molar-refractivity contribution is -0.0220. The van der Waals surface area contributed by atoms with Crippen LogP contribution in [-0.2, 0) is 11.2 Å². The molecule has 3 aromatic carbocycles. The second-order valence-electron chi connectivity index (χ2n) is 9.83. The number of urea groups is 1. The summed E-state index contributed by atoms with van der Waals surface area (Å²) in [6, 6.07) is 20.7. The molecule has 4 rings (SSSR count). The molecule has 3 aromatic rings. The van der Waals surface area contributed by atoms with E-state index in [2.05, 4.69) is 11.4 Å². The topological polar surface area (TPSA) is 93.9 Å². The van der Waals surface area contributed by atoms with Gasteiger partial charge in [-0.15, -0.1) is 0 Å². The van der Waals surface area contributed by atoms with E-state index in [-0.39, 0.29) is 12.2 Å². The summed E-state index contributed by atoms with van der Waals surface area (Å²) in [6.07, 6.45) is 0.247. The maximum atomic E-state index is 12.3. The lowest BCUT2D eigenvalue weighted by Gasteiger charge is -2.39. The van der Waals surface area contributed by atoms with Gasteiger partial charge in [0, 0.05) is 16.3 Å². The van der Waals surface area contributed by atoms with Crippen molar-refractivity contribution in [3.05, 3.63) is 82.9 Å². The maximum absolute atomic E-state index is 12.3. The van der Waals surface area contributed by atoms with Crippen molar-refractivity contribution >= 4 is 29.4 Å². The van der Waals surface area contributed by atoms with Crippen molar-refractivity contribution in [2.45, 2.75) is 38.9 Å². The fourth-order valence-corrected chi connectivity index (χ4v) is 4.11. The van der Waals surface area contributed by atoms with E-state index in [9.17, 15) is 9.59 Å². The highest BCUT2D eigenvalue weighted by Crippen LogP contribution is 2.35. The van der Waals surface area contributed by atoms with Crippen LogP contribution >= 0.6 is 11.6 Å². The normalized spacial score (nSPS) is 13.6. The van der Waals surface area contributed by atoms with E-state index in [1.165, 1.54) is 0 Å². The summed E-state index contributed by atoms with van der Waals surface area (Å²) in [7, 11) is 0. The summed E-state index contributed by atoms with van der Waals surface area (Å²) < 4.78 is 11.7. The molecular formula is C28H30ClN3O4. The van der Waals surface area contributed by atoms with Crippen molar-refractivity contribution in [2.75, 3.05) is 18.4 Å². The van der Waals surface area contributed by atoms with Crippen LogP contribution in [0.1, 0.15) is 31.9 Å². The molecular weight excluding hydrogens is 478 g/mol. The van der Waals surface area contributed by atoms with Crippen LogP contribution in [0.4, 0.5) is 15.3 Å². The molecule has 1 aliphatic rings. The van der Waals surface area contributed by atoms with Crippen LogP contribution in [0, 0.1) is 0 Å². The lowest BCUT2D eigenvalue weighted by atomic mass is 9.98. The van der Waals surface area contributed by atoms with Crippen LogP contribution in [0.25, 0.3) is 11.1 Å². The van der Waals surface area contributed by atoms with Crippen molar-refractivity contribution in [1.29, 1.82) is 0 Å². The molecule has 1 heterocycles. The van der Waals surface area contributed by atoms with Gasteiger partial charge in [-0.1, -0.05) is 41.9 Å². The number of hydrogen-bond donors (Lipinski definition) is 2. The number of hydrogen-bond acceptors (Lipinski definition) is 4. The first-order valence-corrected chi connectivity index (χ1v) is 12.1. The largest absolute Gasteiger partial charge is 0.486 e. The van der Waals surface area contributed by atoms with E-state index in [1.54, 1.807) is 4.90 Å². The third-order valence-electron chi connectivity index (χ3n) is 5.60. The van der Waals surface area contributed by atoms with Gasteiger partial charge in [-0.05, 0) is 80.3 Å².